The van der Waals surface area contributed by atoms with Gasteiger partial charge >= 0.3 is 5.97 Å². The van der Waals surface area contributed by atoms with E-state index in [1.165, 1.54) is 38.2 Å². The van der Waals surface area contributed by atoms with Crippen LogP contribution in [0.3, 0.4) is 0 Å². The van der Waals surface area contributed by atoms with Gasteiger partial charge in [-0.2, -0.15) is 0 Å². The van der Waals surface area contributed by atoms with Gasteiger partial charge in [0.1, 0.15) is 17.2 Å². The van der Waals surface area contributed by atoms with Crippen molar-refractivity contribution in [2.24, 2.45) is 11.8 Å². The van der Waals surface area contributed by atoms with Crippen LogP contribution in [0.15, 0.2) is 36.4 Å². The predicted molar refractivity (Wildman–Crippen MR) is 113 cm³/mol. The number of aliphatic hydroxyl groups is 1. The van der Waals surface area contributed by atoms with E-state index in [1.807, 2.05) is 0 Å². The number of benzene rings is 2. The number of amides is 1. The van der Waals surface area contributed by atoms with Crippen molar-refractivity contribution < 1.29 is 29.3 Å². The monoisotopic (exact) mass is 465 g/mol. The van der Waals surface area contributed by atoms with Gasteiger partial charge in [-0.15, -0.1) is 0 Å². The molecular formula is C22H21Cl2NO6. The molecule has 2 unspecified atom stereocenters. The number of nitrogens with zero attached hydrogens (tertiary/aromatic N) is 1. The molecule has 4 rings (SSSR count). The number of carboxylic acid groups (broad SMARTS) is 1. The number of halogens is 2. The summed E-state index contributed by atoms with van der Waals surface area (Å²) in [5.41, 5.74) is -2.03. The minimum absolute atomic E-state index is 0.0327. The predicted octanol–water partition coefficient (Wildman–Crippen LogP) is 3.33. The number of carbonyl (C=O) groups is 2. The molecule has 7 nitrogen and oxygen atoms in total. The molecule has 0 aromatic heterocycles. The molecule has 1 aliphatic heterocycles. The highest BCUT2D eigenvalue weighted by atomic mass is 35.5. The van der Waals surface area contributed by atoms with Crippen LogP contribution < -0.4 is 9.47 Å². The highest BCUT2D eigenvalue weighted by Crippen LogP contribution is 2.71. The summed E-state index contributed by atoms with van der Waals surface area (Å²) in [6.07, 6.45) is 0. The summed E-state index contributed by atoms with van der Waals surface area (Å²) in [4.78, 5) is 26.6. The Morgan fingerprint density at radius 3 is 2.42 bits per heavy atom. The molecule has 1 amide bonds. The number of piperidine rings is 1. The number of likely N-dealkylation sites (tertiary alicyclic amines) is 1. The molecule has 2 fully saturated rings. The van der Waals surface area contributed by atoms with Gasteiger partial charge in [-0.3, -0.25) is 9.59 Å². The van der Waals surface area contributed by atoms with Crippen molar-refractivity contribution in [1.29, 1.82) is 0 Å². The number of methoxy groups -OCH3 is 2. The third-order valence-electron chi connectivity index (χ3n) is 6.53. The van der Waals surface area contributed by atoms with Gasteiger partial charge in [0.15, 0.2) is 0 Å². The Morgan fingerprint density at radius 1 is 1.13 bits per heavy atom. The van der Waals surface area contributed by atoms with Crippen molar-refractivity contribution in [2.75, 3.05) is 14.2 Å². The maximum absolute atomic E-state index is 13.3. The van der Waals surface area contributed by atoms with Crippen molar-refractivity contribution in [3.8, 4) is 11.5 Å². The number of rotatable bonds is 6. The fraction of sp³-hybridized carbons (Fsp3) is 0.364. The summed E-state index contributed by atoms with van der Waals surface area (Å²) < 4.78 is 10.6. The van der Waals surface area contributed by atoms with Crippen molar-refractivity contribution in [1.82, 2.24) is 4.90 Å². The third-order valence-corrected chi connectivity index (χ3v) is 7.27. The average Bonchev–Trinajstić information content (AvgIpc) is 3.42. The summed E-state index contributed by atoms with van der Waals surface area (Å²) in [6.45, 7) is 1.50. The summed E-state index contributed by atoms with van der Waals surface area (Å²) in [5.74, 6) is -2.50. The molecule has 1 aliphatic carbocycles. The molecule has 2 N–H and O–H groups in total. The highest BCUT2D eigenvalue weighted by Gasteiger charge is 2.86. The normalized spacial score (nSPS) is 29.0. The first kappa shape index (κ1) is 21.7. The molecule has 9 heteroatoms. The molecule has 164 valence electrons. The van der Waals surface area contributed by atoms with Crippen molar-refractivity contribution >= 4 is 35.1 Å². The summed E-state index contributed by atoms with van der Waals surface area (Å²) in [6, 6.07) is 9.83. The van der Waals surface area contributed by atoms with E-state index in [0.29, 0.717) is 27.6 Å². The Bertz CT molecular complexity index is 1090. The molecule has 4 atom stereocenters. The average molecular weight is 466 g/mol. The number of carboxylic acids is 1. The molecule has 0 bridgehead atoms. The second kappa shape index (κ2) is 7.29. The van der Waals surface area contributed by atoms with E-state index in [9.17, 15) is 19.8 Å². The fourth-order valence-electron chi connectivity index (χ4n) is 5.03. The number of hydrogen-bond donors (Lipinski definition) is 2. The molecule has 0 spiro atoms. The Kier molecular flexibility index (Phi) is 5.11. The van der Waals surface area contributed by atoms with Crippen LogP contribution in [0.2, 0.25) is 10.0 Å². The van der Waals surface area contributed by atoms with E-state index in [-0.39, 0.29) is 11.6 Å². The maximum Gasteiger partial charge on any atom is 0.308 e. The topological polar surface area (TPSA) is 96.3 Å². The van der Waals surface area contributed by atoms with Gasteiger partial charge in [-0.05, 0) is 36.8 Å². The van der Waals surface area contributed by atoms with Crippen LogP contribution in [0.5, 0.6) is 11.5 Å². The number of carbonyl (C=O) groups excluding carboxylic acids is 1. The Hall–Kier alpha value is -2.48. The van der Waals surface area contributed by atoms with Crippen LogP contribution in [0.4, 0.5) is 0 Å². The lowest BCUT2D eigenvalue weighted by Crippen LogP contribution is -2.53. The SMILES string of the molecule is COc1ccc(CN2C(=O)[C@@H]3C(C(=O)O)[C@]3(c3ccc(Cl)c(Cl)c3)C2(C)O)c(OC)c1. The van der Waals surface area contributed by atoms with Crippen LogP contribution in [0.25, 0.3) is 0 Å². The molecule has 1 saturated carbocycles. The van der Waals surface area contributed by atoms with Gasteiger partial charge in [0.05, 0.1) is 48.1 Å². The van der Waals surface area contributed by atoms with E-state index >= 15 is 0 Å². The van der Waals surface area contributed by atoms with Crippen LogP contribution in [0, 0.1) is 11.8 Å². The lowest BCUT2D eigenvalue weighted by Gasteiger charge is -2.39. The number of aliphatic carboxylic acids is 1. The Labute approximate surface area is 189 Å². The summed E-state index contributed by atoms with van der Waals surface area (Å²) >= 11 is 12.2. The van der Waals surface area contributed by atoms with Crippen molar-refractivity contribution in [2.45, 2.75) is 24.6 Å². The van der Waals surface area contributed by atoms with Crippen LogP contribution in [-0.2, 0) is 21.5 Å². The van der Waals surface area contributed by atoms with E-state index in [4.69, 9.17) is 32.7 Å². The van der Waals surface area contributed by atoms with Gasteiger partial charge in [-0.25, -0.2) is 0 Å². The van der Waals surface area contributed by atoms with Gasteiger partial charge in [0.25, 0.3) is 0 Å². The zero-order chi connectivity index (χ0) is 22.7. The van der Waals surface area contributed by atoms with Gasteiger partial charge in [0, 0.05) is 11.6 Å². The largest absolute Gasteiger partial charge is 0.497 e. The first-order valence-electron chi connectivity index (χ1n) is 9.54. The second-order valence-electron chi connectivity index (χ2n) is 7.91. The van der Waals surface area contributed by atoms with Gasteiger partial charge < -0.3 is 24.6 Å². The second-order valence-corrected chi connectivity index (χ2v) is 8.73. The first-order valence-corrected chi connectivity index (χ1v) is 10.3. The quantitative estimate of drug-likeness (QED) is 0.678. The Balaban J connectivity index is 1.78. The lowest BCUT2D eigenvalue weighted by molar-refractivity contribution is -0.162. The van der Waals surface area contributed by atoms with Gasteiger partial charge in [0.2, 0.25) is 5.91 Å². The minimum atomic E-state index is -1.79. The zero-order valence-electron chi connectivity index (χ0n) is 17.1. The molecule has 31 heavy (non-hydrogen) atoms. The van der Waals surface area contributed by atoms with Crippen molar-refractivity contribution in [3.05, 3.63) is 57.6 Å². The molecule has 0 radical (unpaired) electrons. The van der Waals surface area contributed by atoms with E-state index in [2.05, 4.69) is 0 Å². The van der Waals surface area contributed by atoms with Gasteiger partial charge in [-0.1, -0.05) is 29.3 Å². The molecule has 2 aromatic rings. The van der Waals surface area contributed by atoms with E-state index in [1.54, 1.807) is 24.3 Å². The Morgan fingerprint density at radius 2 is 1.84 bits per heavy atom. The number of fused-ring (bicyclic) bond motifs is 1. The van der Waals surface area contributed by atoms with Crippen LogP contribution in [-0.4, -0.2) is 46.9 Å². The number of hydrogen-bond acceptors (Lipinski definition) is 5. The van der Waals surface area contributed by atoms with Crippen LogP contribution in [0.1, 0.15) is 18.1 Å². The fourth-order valence-corrected chi connectivity index (χ4v) is 5.33. The van der Waals surface area contributed by atoms with E-state index in [0.717, 1.165) is 0 Å². The minimum Gasteiger partial charge on any atom is -0.497 e. The molecule has 2 aliphatic rings. The van der Waals surface area contributed by atoms with Crippen LogP contribution >= 0.6 is 23.2 Å². The summed E-state index contributed by atoms with van der Waals surface area (Å²) in [7, 11) is 3.03. The molecule has 1 saturated heterocycles. The standard InChI is InChI=1S/C22H21Cl2NO6/c1-21(29)22(12-5-7-14(23)15(24)8-12)17(18(22)20(27)28)19(26)25(21)10-11-4-6-13(30-2)9-16(11)31-3/h4-9,17-18,29H,10H2,1-3H3,(H,27,28)/t17-,18?,21?,22+/m0/s1. The van der Waals surface area contributed by atoms with Crippen molar-refractivity contribution in [3.63, 3.8) is 0 Å². The smallest absolute Gasteiger partial charge is 0.308 e. The maximum atomic E-state index is 13.3. The summed E-state index contributed by atoms with van der Waals surface area (Å²) in [5, 5.41) is 22.0. The molecular weight excluding hydrogens is 445 g/mol. The first-order chi connectivity index (χ1) is 14.6. The lowest BCUT2D eigenvalue weighted by atomic mass is 9.83. The highest BCUT2D eigenvalue weighted by molar-refractivity contribution is 6.42. The molecule has 2 aromatic carbocycles. The molecule has 1 heterocycles. The zero-order valence-corrected chi connectivity index (χ0v) is 18.6. The number of ether oxygens (including phenoxy) is 2. The van der Waals surface area contributed by atoms with E-state index < -0.39 is 34.9 Å². The third kappa shape index (κ3) is 2.91.